The van der Waals surface area contributed by atoms with Gasteiger partial charge in [0.05, 0.1) is 0 Å². The molecule has 17 heavy (non-hydrogen) atoms. The smallest absolute Gasteiger partial charge is 0.120 e. The molecule has 1 heteroatoms. The Morgan fingerprint density at radius 3 is 2.76 bits per heavy atom. The SMILES string of the molecule is CC1C=C2CCCC(C)(C)C2CC1(C)C=C=O. The van der Waals surface area contributed by atoms with Gasteiger partial charge in [0.1, 0.15) is 5.94 Å². The van der Waals surface area contributed by atoms with E-state index in [1.165, 1.54) is 19.3 Å². The highest BCUT2D eigenvalue weighted by atomic mass is 16.1. The number of hydrogen-bond acceptors (Lipinski definition) is 1. The second-order valence-electron chi connectivity index (χ2n) is 6.90. The van der Waals surface area contributed by atoms with Crippen molar-refractivity contribution in [3.05, 3.63) is 17.7 Å². The molecular weight excluding hydrogens is 208 g/mol. The first-order valence-electron chi connectivity index (χ1n) is 6.82. The van der Waals surface area contributed by atoms with E-state index in [2.05, 4.69) is 33.8 Å². The van der Waals surface area contributed by atoms with Crippen LogP contribution < -0.4 is 0 Å². The molecule has 0 bridgehead atoms. The first-order chi connectivity index (χ1) is 7.89. The Balaban J connectivity index is 2.38. The van der Waals surface area contributed by atoms with Crippen molar-refractivity contribution in [3.63, 3.8) is 0 Å². The summed E-state index contributed by atoms with van der Waals surface area (Å²) >= 11 is 0. The minimum atomic E-state index is 0.00449. The van der Waals surface area contributed by atoms with Crippen molar-refractivity contribution in [1.29, 1.82) is 0 Å². The molecule has 0 aliphatic heterocycles. The fraction of sp³-hybridized carbons (Fsp3) is 0.750. The summed E-state index contributed by atoms with van der Waals surface area (Å²) in [5.41, 5.74) is 2.04. The number of fused-ring (bicyclic) bond motifs is 1. The highest BCUT2D eigenvalue weighted by Gasteiger charge is 2.44. The molecule has 0 spiro atoms. The zero-order valence-corrected chi connectivity index (χ0v) is 11.5. The van der Waals surface area contributed by atoms with Crippen LogP contribution >= 0.6 is 0 Å². The van der Waals surface area contributed by atoms with Crippen LogP contribution in [0, 0.1) is 22.7 Å². The van der Waals surface area contributed by atoms with E-state index >= 15 is 0 Å². The van der Waals surface area contributed by atoms with Gasteiger partial charge in [-0.25, -0.2) is 4.79 Å². The first kappa shape index (κ1) is 12.6. The standard InChI is InChI=1S/C16H24O/c1-12-10-13-6-5-7-15(2,3)14(13)11-16(12,4)8-9-17/h8,10,12,14H,5-7,11H2,1-4H3. The lowest BCUT2D eigenvalue weighted by Gasteiger charge is -2.49. The lowest BCUT2D eigenvalue weighted by Crippen LogP contribution is -2.39. The molecule has 1 fully saturated rings. The average molecular weight is 232 g/mol. The average Bonchev–Trinajstić information content (AvgIpc) is 2.22. The fourth-order valence-electron chi connectivity index (χ4n) is 3.67. The molecule has 0 heterocycles. The molecule has 0 aromatic heterocycles. The molecule has 0 saturated heterocycles. The van der Waals surface area contributed by atoms with Gasteiger partial charge in [-0.3, -0.25) is 0 Å². The highest BCUT2D eigenvalue weighted by molar-refractivity contribution is 5.48. The van der Waals surface area contributed by atoms with Gasteiger partial charge < -0.3 is 0 Å². The molecule has 3 atom stereocenters. The van der Waals surface area contributed by atoms with E-state index < -0.39 is 0 Å². The summed E-state index contributed by atoms with van der Waals surface area (Å²) in [6.07, 6.45) is 9.20. The molecule has 2 aliphatic carbocycles. The van der Waals surface area contributed by atoms with E-state index in [1.54, 1.807) is 11.6 Å². The molecule has 0 N–H and O–H groups in total. The third kappa shape index (κ3) is 2.13. The first-order valence-corrected chi connectivity index (χ1v) is 6.82. The summed E-state index contributed by atoms with van der Waals surface area (Å²) in [6, 6.07) is 0. The summed E-state index contributed by atoms with van der Waals surface area (Å²) in [6.45, 7) is 9.20. The van der Waals surface area contributed by atoms with Gasteiger partial charge in [0.2, 0.25) is 0 Å². The molecule has 2 aliphatic rings. The monoisotopic (exact) mass is 232 g/mol. The van der Waals surface area contributed by atoms with Gasteiger partial charge in [-0.2, -0.15) is 0 Å². The Bertz CT molecular complexity index is 384. The predicted octanol–water partition coefficient (Wildman–Crippen LogP) is 4.17. The topological polar surface area (TPSA) is 17.1 Å². The lowest BCUT2D eigenvalue weighted by atomic mass is 9.55. The summed E-state index contributed by atoms with van der Waals surface area (Å²) < 4.78 is 0. The van der Waals surface area contributed by atoms with E-state index in [-0.39, 0.29) is 5.41 Å². The zero-order valence-electron chi connectivity index (χ0n) is 11.5. The van der Waals surface area contributed by atoms with Crippen molar-refractivity contribution in [1.82, 2.24) is 0 Å². The third-order valence-corrected chi connectivity index (χ3v) is 5.21. The van der Waals surface area contributed by atoms with Gasteiger partial charge >= 0.3 is 0 Å². The van der Waals surface area contributed by atoms with Crippen LogP contribution in [0.25, 0.3) is 0 Å². The van der Waals surface area contributed by atoms with Crippen LogP contribution in [0.15, 0.2) is 17.7 Å². The molecule has 3 unspecified atom stereocenters. The van der Waals surface area contributed by atoms with Crippen molar-refractivity contribution in [2.75, 3.05) is 0 Å². The van der Waals surface area contributed by atoms with Gasteiger partial charge in [-0.05, 0) is 42.9 Å². The van der Waals surface area contributed by atoms with Gasteiger partial charge in [0.15, 0.2) is 0 Å². The Morgan fingerprint density at radius 2 is 2.12 bits per heavy atom. The quantitative estimate of drug-likeness (QED) is 0.490. The Kier molecular flexibility index (Phi) is 3.08. The van der Waals surface area contributed by atoms with Crippen LogP contribution in [-0.2, 0) is 4.79 Å². The van der Waals surface area contributed by atoms with E-state index in [4.69, 9.17) is 0 Å². The minimum absolute atomic E-state index is 0.00449. The van der Waals surface area contributed by atoms with Crippen molar-refractivity contribution in [3.8, 4) is 0 Å². The Morgan fingerprint density at radius 1 is 1.41 bits per heavy atom. The molecule has 0 radical (unpaired) electrons. The largest absolute Gasteiger partial charge is 0.234 e. The normalized spacial score (nSPS) is 39.9. The van der Waals surface area contributed by atoms with Gasteiger partial charge in [-0.15, -0.1) is 0 Å². The summed E-state index contributed by atoms with van der Waals surface area (Å²) in [5.74, 6) is 3.14. The number of rotatable bonds is 1. The van der Waals surface area contributed by atoms with Crippen LogP contribution in [0.4, 0.5) is 0 Å². The predicted molar refractivity (Wildman–Crippen MR) is 71.4 cm³/mol. The lowest BCUT2D eigenvalue weighted by molar-refractivity contribution is 0.111. The maximum absolute atomic E-state index is 10.7. The van der Waals surface area contributed by atoms with Crippen LogP contribution in [0.1, 0.15) is 53.4 Å². The van der Waals surface area contributed by atoms with E-state index in [0.717, 1.165) is 6.42 Å². The van der Waals surface area contributed by atoms with Gasteiger partial charge in [0.25, 0.3) is 0 Å². The molecule has 2 rings (SSSR count). The zero-order chi connectivity index (χ0) is 12.7. The summed E-state index contributed by atoms with van der Waals surface area (Å²) in [5, 5.41) is 0. The number of hydrogen-bond donors (Lipinski definition) is 0. The Labute approximate surface area is 105 Å². The van der Waals surface area contributed by atoms with E-state index in [9.17, 15) is 4.79 Å². The third-order valence-electron chi connectivity index (χ3n) is 5.21. The Hall–Kier alpha value is -0.810. The van der Waals surface area contributed by atoms with Crippen molar-refractivity contribution in [2.45, 2.75) is 53.4 Å². The van der Waals surface area contributed by atoms with Crippen LogP contribution in [0.2, 0.25) is 0 Å². The van der Waals surface area contributed by atoms with Crippen molar-refractivity contribution >= 4 is 5.94 Å². The molecule has 1 saturated carbocycles. The second kappa shape index (κ2) is 4.14. The number of allylic oxidation sites excluding steroid dienone is 3. The number of carbonyl (C=O) groups excluding carboxylic acids is 1. The molecule has 1 nitrogen and oxygen atoms in total. The summed E-state index contributed by atoms with van der Waals surface area (Å²) in [7, 11) is 0. The van der Waals surface area contributed by atoms with E-state index in [0.29, 0.717) is 17.3 Å². The maximum Gasteiger partial charge on any atom is 0.120 e. The molecular formula is C16H24O. The van der Waals surface area contributed by atoms with Crippen LogP contribution in [0.5, 0.6) is 0 Å². The van der Waals surface area contributed by atoms with Gasteiger partial charge in [0, 0.05) is 11.5 Å². The van der Waals surface area contributed by atoms with Crippen LogP contribution in [-0.4, -0.2) is 5.94 Å². The second-order valence-corrected chi connectivity index (χ2v) is 6.90. The van der Waals surface area contributed by atoms with Gasteiger partial charge in [-0.1, -0.05) is 39.3 Å². The van der Waals surface area contributed by atoms with E-state index in [1.807, 2.05) is 5.94 Å². The van der Waals surface area contributed by atoms with Crippen molar-refractivity contribution in [2.24, 2.45) is 22.7 Å². The van der Waals surface area contributed by atoms with Crippen molar-refractivity contribution < 1.29 is 4.79 Å². The molecule has 0 aromatic rings. The van der Waals surface area contributed by atoms with Crippen LogP contribution in [0.3, 0.4) is 0 Å². The fourth-order valence-corrected chi connectivity index (χ4v) is 3.67. The minimum Gasteiger partial charge on any atom is -0.234 e. The maximum atomic E-state index is 10.7. The summed E-state index contributed by atoms with van der Waals surface area (Å²) in [4.78, 5) is 10.7. The molecule has 94 valence electrons. The molecule has 0 aromatic carbocycles. The highest BCUT2D eigenvalue weighted by Crippen LogP contribution is 2.54. The molecule has 0 amide bonds.